The van der Waals surface area contributed by atoms with E-state index in [4.69, 9.17) is 0 Å². The lowest BCUT2D eigenvalue weighted by Gasteiger charge is -2.14. The zero-order valence-corrected chi connectivity index (χ0v) is 20.8. The molecule has 1 saturated heterocycles. The number of aromatic amines is 2. The first kappa shape index (κ1) is 21.4. The molecule has 7 nitrogen and oxygen atoms in total. The summed E-state index contributed by atoms with van der Waals surface area (Å²) in [7, 11) is 0. The SMILES string of the molecule is Cc1ccc(-c2ccnc3[nH]c(-c4n[nH]c5ncc(-c6cncc(CN7CCCC7)c6)cc45)cc23)s1. The molecule has 1 aliphatic rings. The molecule has 7 heterocycles. The van der Waals surface area contributed by atoms with Crippen LogP contribution in [0.15, 0.2) is 61.2 Å². The van der Waals surface area contributed by atoms with Gasteiger partial charge in [0.05, 0.1) is 5.69 Å². The molecule has 0 unspecified atom stereocenters. The van der Waals surface area contributed by atoms with Crippen molar-refractivity contribution in [3.63, 3.8) is 0 Å². The van der Waals surface area contributed by atoms with Crippen molar-refractivity contribution < 1.29 is 0 Å². The van der Waals surface area contributed by atoms with Gasteiger partial charge in [-0.1, -0.05) is 0 Å². The van der Waals surface area contributed by atoms with Crippen LogP contribution in [0.2, 0.25) is 0 Å². The molecule has 6 aromatic rings. The Kier molecular flexibility index (Phi) is 5.15. The Balaban J connectivity index is 1.28. The van der Waals surface area contributed by atoms with Gasteiger partial charge in [-0.05, 0) is 74.8 Å². The van der Waals surface area contributed by atoms with Gasteiger partial charge in [-0.15, -0.1) is 11.3 Å². The van der Waals surface area contributed by atoms with Crippen LogP contribution >= 0.6 is 11.3 Å². The van der Waals surface area contributed by atoms with Crippen molar-refractivity contribution in [2.45, 2.75) is 26.3 Å². The molecule has 0 aliphatic carbocycles. The zero-order valence-electron chi connectivity index (χ0n) is 20.0. The second kappa shape index (κ2) is 8.65. The van der Waals surface area contributed by atoms with E-state index in [1.807, 2.05) is 24.8 Å². The average molecular weight is 492 g/mol. The highest BCUT2D eigenvalue weighted by Crippen LogP contribution is 2.36. The van der Waals surface area contributed by atoms with Gasteiger partial charge >= 0.3 is 0 Å². The Morgan fingerprint density at radius 1 is 0.917 bits per heavy atom. The van der Waals surface area contributed by atoms with Gasteiger partial charge in [0.25, 0.3) is 0 Å². The van der Waals surface area contributed by atoms with E-state index in [1.165, 1.54) is 46.8 Å². The second-order valence-electron chi connectivity index (χ2n) is 9.47. The maximum atomic E-state index is 4.67. The molecule has 0 atom stereocenters. The molecule has 36 heavy (non-hydrogen) atoms. The van der Waals surface area contributed by atoms with Crippen molar-refractivity contribution in [1.29, 1.82) is 0 Å². The molecule has 7 rings (SSSR count). The van der Waals surface area contributed by atoms with E-state index in [1.54, 1.807) is 11.3 Å². The third-order valence-electron chi connectivity index (χ3n) is 6.94. The van der Waals surface area contributed by atoms with Crippen LogP contribution < -0.4 is 0 Å². The second-order valence-corrected chi connectivity index (χ2v) is 10.8. The summed E-state index contributed by atoms with van der Waals surface area (Å²) in [6, 6.07) is 12.9. The fourth-order valence-corrected chi connectivity index (χ4v) is 6.05. The highest BCUT2D eigenvalue weighted by molar-refractivity contribution is 7.15. The monoisotopic (exact) mass is 491 g/mol. The Morgan fingerprint density at radius 2 is 1.81 bits per heavy atom. The molecule has 6 aromatic heterocycles. The topological polar surface area (TPSA) is 86.4 Å². The number of H-pyrrole nitrogens is 2. The molecular formula is C28H25N7S. The van der Waals surface area contributed by atoms with Gasteiger partial charge < -0.3 is 4.98 Å². The minimum Gasteiger partial charge on any atom is -0.338 e. The fraction of sp³-hybridized carbons (Fsp3) is 0.214. The minimum atomic E-state index is 0.760. The summed E-state index contributed by atoms with van der Waals surface area (Å²) in [4.78, 5) is 22.3. The predicted octanol–water partition coefficient (Wildman–Crippen LogP) is 6.20. The van der Waals surface area contributed by atoms with Crippen LogP contribution in [0.3, 0.4) is 0 Å². The summed E-state index contributed by atoms with van der Waals surface area (Å²) < 4.78 is 0. The van der Waals surface area contributed by atoms with E-state index in [-0.39, 0.29) is 0 Å². The molecule has 0 spiro atoms. The highest BCUT2D eigenvalue weighted by atomic mass is 32.1. The van der Waals surface area contributed by atoms with E-state index in [2.05, 4.69) is 78.4 Å². The third-order valence-corrected chi connectivity index (χ3v) is 7.98. The summed E-state index contributed by atoms with van der Waals surface area (Å²) >= 11 is 1.79. The Hall–Kier alpha value is -3.88. The zero-order chi connectivity index (χ0) is 24.1. The van der Waals surface area contributed by atoms with E-state index < -0.39 is 0 Å². The molecule has 0 bridgehead atoms. The number of thiophene rings is 1. The van der Waals surface area contributed by atoms with E-state index in [0.717, 1.165) is 51.1 Å². The number of nitrogens with one attached hydrogen (secondary N) is 2. The number of fused-ring (bicyclic) bond motifs is 2. The maximum absolute atomic E-state index is 4.67. The van der Waals surface area contributed by atoms with Crippen LogP contribution in [0.25, 0.3) is 55.0 Å². The first-order valence-corrected chi connectivity index (χ1v) is 13.1. The Bertz CT molecular complexity index is 1700. The Morgan fingerprint density at radius 3 is 2.67 bits per heavy atom. The lowest BCUT2D eigenvalue weighted by atomic mass is 10.1. The Labute approximate surface area is 212 Å². The first-order valence-electron chi connectivity index (χ1n) is 12.3. The number of likely N-dealkylation sites (tertiary alicyclic amines) is 1. The molecule has 0 aromatic carbocycles. The maximum Gasteiger partial charge on any atom is 0.155 e. The van der Waals surface area contributed by atoms with E-state index in [0.29, 0.717) is 0 Å². The van der Waals surface area contributed by atoms with E-state index in [9.17, 15) is 0 Å². The van der Waals surface area contributed by atoms with Crippen LogP contribution in [0, 0.1) is 6.92 Å². The minimum absolute atomic E-state index is 0.760. The molecule has 0 amide bonds. The summed E-state index contributed by atoms with van der Waals surface area (Å²) in [5.74, 6) is 0. The van der Waals surface area contributed by atoms with Gasteiger partial charge in [0, 0.05) is 68.5 Å². The standard InChI is InChI=1S/C28H25N7S/c1-17-4-5-25(36-17)21-6-7-30-27-22(21)12-24(32-27)26-23-11-20(15-31-28(23)34-33-26)19-10-18(13-29-14-19)16-35-8-2-3-9-35/h4-7,10-15H,2-3,8-9,16H2,1H3,(H,30,32)(H,31,33,34). The normalized spacial score (nSPS) is 14.4. The number of aromatic nitrogens is 6. The molecule has 1 fully saturated rings. The average Bonchev–Trinajstić information content (AvgIpc) is 3.70. The van der Waals surface area contributed by atoms with Gasteiger partial charge in [0.1, 0.15) is 11.3 Å². The quantitative estimate of drug-likeness (QED) is 0.300. The molecule has 1 aliphatic heterocycles. The van der Waals surface area contributed by atoms with Crippen LogP contribution in [-0.4, -0.2) is 48.1 Å². The highest BCUT2D eigenvalue weighted by Gasteiger charge is 2.17. The van der Waals surface area contributed by atoms with Crippen molar-refractivity contribution >= 4 is 33.4 Å². The van der Waals surface area contributed by atoms with Crippen LogP contribution in [0.1, 0.15) is 23.3 Å². The number of nitrogens with zero attached hydrogens (tertiary/aromatic N) is 5. The third kappa shape index (κ3) is 3.79. The van der Waals surface area contributed by atoms with Crippen molar-refractivity contribution in [3.8, 4) is 33.0 Å². The van der Waals surface area contributed by atoms with Crippen LogP contribution in [0.4, 0.5) is 0 Å². The largest absolute Gasteiger partial charge is 0.338 e. The summed E-state index contributed by atoms with van der Waals surface area (Å²) in [5.41, 5.74) is 7.89. The van der Waals surface area contributed by atoms with Gasteiger partial charge in [0.2, 0.25) is 0 Å². The van der Waals surface area contributed by atoms with E-state index >= 15 is 0 Å². The predicted molar refractivity (Wildman–Crippen MR) is 145 cm³/mol. The van der Waals surface area contributed by atoms with Crippen molar-refractivity contribution in [2.75, 3.05) is 13.1 Å². The molecule has 0 radical (unpaired) electrons. The first-order chi connectivity index (χ1) is 17.7. The van der Waals surface area contributed by atoms with Gasteiger partial charge in [-0.2, -0.15) is 5.10 Å². The smallest absolute Gasteiger partial charge is 0.155 e. The number of hydrogen-bond acceptors (Lipinski definition) is 6. The molecular weight excluding hydrogens is 466 g/mol. The fourth-order valence-electron chi connectivity index (χ4n) is 5.15. The number of pyridine rings is 3. The lowest BCUT2D eigenvalue weighted by Crippen LogP contribution is -2.18. The van der Waals surface area contributed by atoms with Crippen LogP contribution in [-0.2, 0) is 6.54 Å². The van der Waals surface area contributed by atoms with Crippen molar-refractivity contribution in [2.24, 2.45) is 0 Å². The number of hydrogen-bond donors (Lipinski definition) is 2. The summed E-state index contributed by atoms with van der Waals surface area (Å²) in [5, 5.41) is 9.78. The summed E-state index contributed by atoms with van der Waals surface area (Å²) in [6.07, 6.45) is 10.2. The van der Waals surface area contributed by atoms with Gasteiger partial charge in [-0.3, -0.25) is 15.0 Å². The number of rotatable bonds is 5. The molecule has 0 saturated carbocycles. The molecule has 8 heteroatoms. The van der Waals surface area contributed by atoms with Crippen LogP contribution in [0.5, 0.6) is 0 Å². The molecule has 178 valence electrons. The van der Waals surface area contributed by atoms with Crippen molar-refractivity contribution in [1.82, 2.24) is 35.0 Å². The lowest BCUT2D eigenvalue weighted by molar-refractivity contribution is 0.331. The summed E-state index contributed by atoms with van der Waals surface area (Å²) in [6.45, 7) is 5.42. The number of aryl methyl sites for hydroxylation is 1. The molecule has 2 N–H and O–H groups in total. The van der Waals surface area contributed by atoms with Gasteiger partial charge in [0.15, 0.2) is 5.65 Å². The van der Waals surface area contributed by atoms with Gasteiger partial charge in [-0.25, -0.2) is 9.97 Å². The van der Waals surface area contributed by atoms with Crippen molar-refractivity contribution in [3.05, 3.63) is 71.6 Å².